The highest BCUT2D eigenvalue weighted by molar-refractivity contribution is 5.71. The van der Waals surface area contributed by atoms with Crippen LogP contribution in [-0.2, 0) is 28.6 Å². The Labute approximate surface area is 352 Å². The van der Waals surface area contributed by atoms with Gasteiger partial charge in [0.05, 0.1) is 0 Å². The van der Waals surface area contributed by atoms with E-state index in [0.29, 0.717) is 19.3 Å². The Morgan fingerprint density at radius 2 is 0.684 bits per heavy atom. The fourth-order valence-corrected chi connectivity index (χ4v) is 6.73. The van der Waals surface area contributed by atoms with E-state index in [-0.39, 0.29) is 31.1 Å². The zero-order valence-corrected chi connectivity index (χ0v) is 37.6. The van der Waals surface area contributed by atoms with Crippen LogP contribution in [0, 0.1) is 0 Å². The van der Waals surface area contributed by atoms with E-state index in [2.05, 4.69) is 69.4 Å². The Kier molecular flexibility index (Phi) is 43.9. The zero-order valence-electron chi connectivity index (χ0n) is 37.6. The number of unbranched alkanes of at least 4 members (excludes halogenated alkanes) is 24. The molecule has 0 radical (unpaired) electrons. The highest BCUT2D eigenvalue weighted by atomic mass is 16.6. The predicted octanol–water partition coefficient (Wildman–Crippen LogP) is 15.5. The van der Waals surface area contributed by atoms with Gasteiger partial charge in [-0.1, -0.05) is 211 Å². The summed E-state index contributed by atoms with van der Waals surface area (Å²) in [5.41, 5.74) is 0. The van der Waals surface area contributed by atoms with Gasteiger partial charge in [0.1, 0.15) is 13.2 Å². The second-order valence-corrected chi connectivity index (χ2v) is 16.0. The minimum Gasteiger partial charge on any atom is -0.462 e. The van der Waals surface area contributed by atoms with Crippen molar-refractivity contribution in [1.82, 2.24) is 0 Å². The van der Waals surface area contributed by atoms with Gasteiger partial charge in [0.25, 0.3) is 0 Å². The van der Waals surface area contributed by atoms with E-state index >= 15 is 0 Å². The average Bonchev–Trinajstić information content (AvgIpc) is 3.21. The number of hydrogen-bond acceptors (Lipinski definition) is 6. The molecule has 0 spiro atoms. The minimum absolute atomic E-state index is 0.0802. The van der Waals surface area contributed by atoms with Crippen molar-refractivity contribution in [2.75, 3.05) is 13.2 Å². The minimum atomic E-state index is -0.779. The van der Waals surface area contributed by atoms with E-state index in [1.165, 1.54) is 103 Å². The lowest BCUT2D eigenvalue weighted by molar-refractivity contribution is -0.167. The molecule has 0 saturated heterocycles. The highest BCUT2D eigenvalue weighted by Gasteiger charge is 2.19. The molecule has 0 saturated carbocycles. The van der Waals surface area contributed by atoms with Crippen LogP contribution in [0.2, 0.25) is 0 Å². The van der Waals surface area contributed by atoms with Crippen LogP contribution in [-0.4, -0.2) is 37.2 Å². The molecule has 0 aromatic heterocycles. The van der Waals surface area contributed by atoms with Crippen LogP contribution in [0.25, 0.3) is 0 Å². The molecule has 0 N–H and O–H groups in total. The van der Waals surface area contributed by atoms with E-state index in [4.69, 9.17) is 14.2 Å². The molecule has 0 aromatic rings. The molecule has 0 aliphatic rings. The quantitative estimate of drug-likeness (QED) is 0.0265. The molecule has 0 atom stereocenters. The molecule has 0 amide bonds. The normalized spacial score (nSPS) is 11.9. The highest BCUT2D eigenvalue weighted by Crippen LogP contribution is 2.15. The second-order valence-electron chi connectivity index (χ2n) is 16.0. The van der Waals surface area contributed by atoms with E-state index < -0.39 is 6.10 Å². The topological polar surface area (TPSA) is 78.9 Å². The first-order valence-corrected chi connectivity index (χ1v) is 24.1. The number of esters is 3. The number of carbonyl (C=O) groups excluding carboxylic acids is 3. The van der Waals surface area contributed by atoms with Crippen molar-refractivity contribution < 1.29 is 28.6 Å². The summed E-state index contributed by atoms with van der Waals surface area (Å²) in [4.78, 5) is 37.8. The third-order valence-electron chi connectivity index (χ3n) is 10.3. The van der Waals surface area contributed by atoms with Crippen LogP contribution in [0.15, 0.2) is 48.6 Å². The summed E-state index contributed by atoms with van der Waals surface area (Å²) in [5.74, 6) is -0.901. The van der Waals surface area contributed by atoms with Crippen molar-refractivity contribution in [1.29, 1.82) is 0 Å². The molecule has 0 aliphatic heterocycles. The number of ether oxygens (including phenoxy) is 3. The molecule has 0 rings (SSSR count). The Morgan fingerprint density at radius 3 is 1.07 bits per heavy atom. The van der Waals surface area contributed by atoms with E-state index in [9.17, 15) is 14.4 Å². The number of allylic oxidation sites excluding steroid dienone is 8. The van der Waals surface area contributed by atoms with Gasteiger partial charge in [0.15, 0.2) is 6.10 Å². The summed E-state index contributed by atoms with van der Waals surface area (Å²) in [6, 6.07) is 0. The molecule has 330 valence electrons. The van der Waals surface area contributed by atoms with Crippen molar-refractivity contribution in [2.24, 2.45) is 0 Å². The molecule has 0 fully saturated rings. The maximum absolute atomic E-state index is 12.7. The molecule has 6 heteroatoms. The molecule has 0 bridgehead atoms. The van der Waals surface area contributed by atoms with Gasteiger partial charge in [-0.3, -0.25) is 14.4 Å². The van der Waals surface area contributed by atoms with E-state index in [1.807, 2.05) is 0 Å². The van der Waals surface area contributed by atoms with Crippen molar-refractivity contribution in [3.8, 4) is 0 Å². The van der Waals surface area contributed by atoms with Crippen molar-refractivity contribution in [3.05, 3.63) is 48.6 Å². The monoisotopic (exact) mass is 799 g/mol. The Bertz CT molecular complexity index is 969. The molecule has 6 nitrogen and oxygen atoms in total. The number of rotatable bonds is 43. The SMILES string of the molecule is CC/C=C\C/C=C\C/C=C\C/C=C\CCCCCCC(=O)OC(COC(=O)CCCCCCCCCCCCC)COC(=O)CCCCCCCCCCCCC. The smallest absolute Gasteiger partial charge is 0.306 e. The van der Waals surface area contributed by atoms with Gasteiger partial charge in [-0.2, -0.15) is 0 Å². The molecule has 0 aliphatic carbocycles. The molecule has 0 aromatic carbocycles. The maximum atomic E-state index is 12.7. The molecular weight excluding hydrogens is 709 g/mol. The lowest BCUT2D eigenvalue weighted by Gasteiger charge is -2.18. The standard InChI is InChI=1S/C51H90O6/c1-4-7-10-13-16-19-22-23-24-25-26-27-30-33-36-39-42-45-51(54)57-48(46-55-49(52)43-40-37-34-31-28-20-17-14-11-8-5-2)47-56-50(53)44-41-38-35-32-29-21-18-15-12-9-6-3/h7,10,16,19,23-24,26-27,48H,4-6,8-9,11-15,17-18,20-22,25,28-47H2,1-3H3/b10-7-,19-16-,24-23-,27-26-. The summed E-state index contributed by atoms with van der Waals surface area (Å²) in [5, 5.41) is 0. The lowest BCUT2D eigenvalue weighted by atomic mass is 10.1. The first-order valence-electron chi connectivity index (χ1n) is 24.1. The van der Waals surface area contributed by atoms with Crippen LogP contribution in [0.5, 0.6) is 0 Å². The Balaban J connectivity index is 4.40. The summed E-state index contributed by atoms with van der Waals surface area (Å²) >= 11 is 0. The average molecular weight is 799 g/mol. The Morgan fingerprint density at radius 1 is 0.368 bits per heavy atom. The second kappa shape index (κ2) is 46.1. The largest absolute Gasteiger partial charge is 0.462 e. The van der Waals surface area contributed by atoms with Crippen LogP contribution in [0.1, 0.15) is 239 Å². The first kappa shape index (κ1) is 54.4. The van der Waals surface area contributed by atoms with Crippen LogP contribution >= 0.6 is 0 Å². The van der Waals surface area contributed by atoms with Crippen LogP contribution in [0.4, 0.5) is 0 Å². The zero-order chi connectivity index (χ0) is 41.5. The molecule has 0 unspecified atom stereocenters. The fraction of sp³-hybridized carbons (Fsp3) is 0.784. The van der Waals surface area contributed by atoms with Gasteiger partial charge in [0.2, 0.25) is 0 Å². The van der Waals surface area contributed by atoms with Crippen molar-refractivity contribution in [3.63, 3.8) is 0 Å². The van der Waals surface area contributed by atoms with Gasteiger partial charge in [-0.05, 0) is 57.8 Å². The van der Waals surface area contributed by atoms with Gasteiger partial charge >= 0.3 is 17.9 Å². The van der Waals surface area contributed by atoms with Crippen molar-refractivity contribution in [2.45, 2.75) is 245 Å². The number of carbonyl (C=O) groups is 3. The lowest BCUT2D eigenvalue weighted by Crippen LogP contribution is -2.30. The van der Waals surface area contributed by atoms with Crippen molar-refractivity contribution >= 4 is 17.9 Å². The van der Waals surface area contributed by atoms with Crippen LogP contribution < -0.4 is 0 Å². The molecule has 0 heterocycles. The predicted molar refractivity (Wildman–Crippen MR) is 242 cm³/mol. The van der Waals surface area contributed by atoms with Gasteiger partial charge in [0, 0.05) is 19.3 Å². The van der Waals surface area contributed by atoms with Crippen LogP contribution in [0.3, 0.4) is 0 Å². The fourth-order valence-electron chi connectivity index (χ4n) is 6.73. The first-order chi connectivity index (χ1) is 28.0. The summed E-state index contributed by atoms with van der Waals surface area (Å²) in [7, 11) is 0. The van der Waals surface area contributed by atoms with E-state index in [0.717, 1.165) is 96.3 Å². The van der Waals surface area contributed by atoms with Gasteiger partial charge in [-0.25, -0.2) is 0 Å². The summed E-state index contributed by atoms with van der Waals surface area (Å²) in [6.45, 7) is 6.49. The third kappa shape index (κ3) is 44.3. The van der Waals surface area contributed by atoms with Gasteiger partial charge in [-0.15, -0.1) is 0 Å². The van der Waals surface area contributed by atoms with Gasteiger partial charge < -0.3 is 14.2 Å². The Hall–Kier alpha value is -2.63. The summed E-state index contributed by atoms with van der Waals surface area (Å²) < 4.78 is 16.7. The number of hydrogen-bond donors (Lipinski definition) is 0. The van der Waals surface area contributed by atoms with E-state index in [1.54, 1.807) is 0 Å². The maximum Gasteiger partial charge on any atom is 0.306 e. The summed E-state index contributed by atoms with van der Waals surface area (Å²) in [6.07, 6.45) is 53.7. The third-order valence-corrected chi connectivity index (χ3v) is 10.3. The molecule has 57 heavy (non-hydrogen) atoms. The molecular formula is C51H90O6.